The van der Waals surface area contributed by atoms with Crippen LogP contribution in [0.3, 0.4) is 0 Å². The molecular formula is C12H16O5P. The van der Waals surface area contributed by atoms with E-state index in [1.165, 1.54) is 12.1 Å². The molecule has 1 aromatic carbocycles. The van der Waals surface area contributed by atoms with Crippen molar-refractivity contribution in [1.82, 2.24) is 0 Å². The first-order valence-corrected chi connectivity index (χ1v) is 7.42. The molecule has 1 aromatic rings. The molecule has 0 saturated carbocycles. The van der Waals surface area contributed by atoms with Gasteiger partial charge in [-0.25, -0.2) is 9.90 Å². The Balaban J connectivity index is 2.90. The highest BCUT2D eigenvalue weighted by molar-refractivity contribution is 7.53. The van der Waals surface area contributed by atoms with Gasteiger partial charge in [0, 0.05) is 0 Å². The lowest BCUT2D eigenvalue weighted by atomic mass is 10.1. The molecule has 0 heterocycles. The molecule has 0 aliphatic carbocycles. The van der Waals surface area contributed by atoms with Crippen LogP contribution in [0.25, 0.3) is 0 Å². The van der Waals surface area contributed by atoms with Crippen LogP contribution in [0.4, 0.5) is 0 Å². The summed E-state index contributed by atoms with van der Waals surface area (Å²) in [5.74, 6) is -1.26. The van der Waals surface area contributed by atoms with E-state index in [-0.39, 0.29) is 24.9 Å². The van der Waals surface area contributed by atoms with Crippen molar-refractivity contribution in [3.8, 4) is 0 Å². The fourth-order valence-corrected chi connectivity index (χ4v) is 3.23. The van der Waals surface area contributed by atoms with E-state index in [2.05, 4.69) is 0 Å². The smallest absolute Gasteiger partial charge is 0.309 e. The predicted octanol–water partition coefficient (Wildman–Crippen LogP) is 3.02. The van der Waals surface area contributed by atoms with Gasteiger partial charge in [-0.15, -0.1) is 0 Å². The van der Waals surface area contributed by atoms with E-state index in [4.69, 9.17) is 9.05 Å². The standard InChI is InChI=1S/C12H16O5P/c1-3-16-18(15,17-4-2)9-10-6-5-7-11(8-10)12(13)14/h5-8H,3-4,9H2,1-2H3. The molecule has 0 aromatic heterocycles. The number of benzene rings is 1. The topological polar surface area (TPSA) is 72.5 Å². The summed E-state index contributed by atoms with van der Waals surface area (Å²) in [5, 5.41) is 10.7. The minimum absolute atomic E-state index is 0.0482. The Morgan fingerprint density at radius 1 is 1.22 bits per heavy atom. The molecule has 6 heteroatoms. The fourth-order valence-electron chi connectivity index (χ4n) is 1.54. The first-order valence-electron chi connectivity index (χ1n) is 5.69. The zero-order valence-electron chi connectivity index (χ0n) is 10.4. The van der Waals surface area contributed by atoms with Crippen molar-refractivity contribution >= 4 is 13.6 Å². The summed E-state index contributed by atoms with van der Waals surface area (Å²) in [7, 11) is -3.20. The predicted molar refractivity (Wildman–Crippen MR) is 66.0 cm³/mol. The van der Waals surface area contributed by atoms with E-state index in [1.807, 2.05) is 0 Å². The normalized spacial score (nSPS) is 11.4. The van der Waals surface area contributed by atoms with Crippen molar-refractivity contribution in [2.45, 2.75) is 20.0 Å². The van der Waals surface area contributed by atoms with Crippen molar-refractivity contribution in [1.29, 1.82) is 0 Å². The maximum Gasteiger partial charge on any atom is 0.386 e. The number of hydrogen-bond donors (Lipinski definition) is 0. The Morgan fingerprint density at radius 2 is 1.83 bits per heavy atom. The van der Waals surface area contributed by atoms with Gasteiger partial charge in [-0.3, -0.25) is 4.57 Å². The lowest BCUT2D eigenvalue weighted by Gasteiger charge is -2.16. The van der Waals surface area contributed by atoms with Crippen LogP contribution in [-0.4, -0.2) is 19.2 Å². The number of carbonyl (C=O) groups is 1. The van der Waals surface area contributed by atoms with Crippen LogP contribution in [0.5, 0.6) is 0 Å². The molecule has 99 valence electrons. The third kappa shape index (κ3) is 4.26. The van der Waals surface area contributed by atoms with E-state index < -0.39 is 13.6 Å². The van der Waals surface area contributed by atoms with E-state index in [9.17, 15) is 14.5 Å². The summed E-state index contributed by atoms with van der Waals surface area (Å²) in [6, 6.07) is 6.09. The molecule has 0 spiro atoms. The molecule has 0 N–H and O–H groups in total. The summed E-state index contributed by atoms with van der Waals surface area (Å²) >= 11 is 0. The zero-order chi connectivity index (χ0) is 13.6. The van der Waals surface area contributed by atoms with Crippen molar-refractivity contribution in [2.24, 2.45) is 0 Å². The second-order valence-corrected chi connectivity index (χ2v) is 5.65. The third-order valence-corrected chi connectivity index (χ3v) is 4.25. The summed E-state index contributed by atoms with van der Waals surface area (Å²) in [6.07, 6.45) is 0.0514. The maximum absolute atomic E-state index is 12.3. The second-order valence-electron chi connectivity index (χ2n) is 3.59. The molecule has 5 nitrogen and oxygen atoms in total. The van der Waals surface area contributed by atoms with E-state index in [0.717, 1.165) is 0 Å². The van der Waals surface area contributed by atoms with Gasteiger partial charge in [0.1, 0.15) is 0 Å². The molecule has 0 fully saturated rings. The monoisotopic (exact) mass is 271 g/mol. The Morgan fingerprint density at radius 3 is 2.33 bits per heavy atom. The second kappa shape index (κ2) is 6.69. The van der Waals surface area contributed by atoms with Gasteiger partial charge in [0.15, 0.2) is 0 Å². The highest BCUT2D eigenvalue weighted by Crippen LogP contribution is 2.51. The minimum Gasteiger partial charge on any atom is -0.309 e. The molecule has 18 heavy (non-hydrogen) atoms. The highest BCUT2D eigenvalue weighted by Gasteiger charge is 2.24. The Hall–Kier alpha value is -1.16. The SMILES string of the molecule is CCOP(=O)(Cc1cccc(C([O])=O)c1)OCC. The minimum atomic E-state index is -3.20. The average molecular weight is 271 g/mol. The van der Waals surface area contributed by atoms with Crippen LogP contribution in [0.1, 0.15) is 29.8 Å². The molecular weight excluding hydrogens is 255 g/mol. The quantitative estimate of drug-likeness (QED) is 0.714. The molecule has 0 amide bonds. The zero-order valence-corrected chi connectivity index (χ0v) is 11.3. The van der Waals surface area contributed by atoms with Gasteiger partial charge in [-0.2, -0.15) is 0 Å². The number of carbonyl (C=O) groups excluding carboxylic acids is 1. The molecule has 0 aliphatic heterocycles. The average Bonchev–Trinajstić information content (AvgIpc) is 2.29. The first kappa shape index (κ1) is 14.9. The van der Waals surface area contributed by atoms with Gasteiger partial charge in [0.05, 0.1) is 24.9 Å². The van der Waals surface area contributed by atoms with Crippen LogP contribution in [0.2, 0.25) is 0 Å². The number of rotatable bonds is 7. The Bertz CT molecular complexity index is 448. The van der Waals surface area contributed by atoms with Crippen molar-refractivity contribution in [3.05, 3.63) is 35.4 Å². The van der Waals surface area contributed by atoms with Gasteiger partial charge in [-0.1, -0.05) is 12.1 Å². The van der Waals surface area contributed by atoms with Crippen LogP contribution >= 0.6 is 7.60 Å². The number of hydrogen-bond acceptors (Lipinski definition) is 4. The maximum atomic E-state index is 12.3. The molecule has 0 saturated heterocycles. The molecule has 0 unspecified atom stereocenters. The van der Waals surface area contributed by atoms with Crippen LogP contribution in [0, 0.1) is 0 Å². The van der Waals surface area contributed by atoms with E-state index in [1.54, 1.807) is 26.0 Å². The molecule has 0 aliphatic rings. The Kier molecular flexibility index (Phi) is 5.54. The summed E-state index contributed by atoms with van der Waals surface area (Å²) in [6.45, 7) is 4.00. The lowest BCUT2D eigenvalue weighted by Crippen LogP contribution is -2.01. The molecule has 0 bridgehead atoms. The molecule has 1 rings (SSSR count). The third-order valence-electron chi connectivity index (χ3n) is 2.19. The van der Waals surface area contributed by atoms with Crippen LogP contribution < -0.4 is 0 Å². The van der Waals surface area contributed by atoms with Gasteiger partial charge in [0.25, 0.3) is 0 Å². The van der Waals surface area contributed by atoms with Crippen molar-refractivity contribution in [2.75, 3.05) is 13.2 Å². The van der Waals surface area contributed by atoms with Crippen molar-refractivity contribution in [3.63, 3.8) is 0 Å². The largest absolute Gasteiger partial charge is 0.386 e. The Labute approximate surface area is 106 Å². The summed E-state index contributed by atoms with van der Waals surface area (Å²) in [5.41, 5.74) is 0.633. The fraction of sp³-hybridized carbons (Fsp3) is 0.417. The highest BCUT2D eigenvalue weighted by atomic mass is 31.2. The van der Waals surface area contributed by atoms with Crippen molar-refractivity contribution < 1.29 is 23.5 Å². The van der Waals surface area contributed by atoms with Gasteiger partial charge in [-0.05, 0) is 31.5 Å². The van der Waals surface area contributed by atoms with E-state index in [0.29, 0.717) is 5.56 Å². The van der Waals surface area contributed by atoms with Crippen LogP contribution in [-0.2, 0) is 24.9 Å². The van der Waals surface area contributed by atoms with Gasteiger partial charge in [0.2, 0.25) is 0 Å². The molecule has 1 radical (unpaired) electrons. The summed E-state index contributed by atoms with van der Waals surface area (Å²) in [4.78, 5) is 10.7. The lowest BCUT2D eigenvalue weighted by molar-refractivity contribution is 0.0573. The van der Waals surface area contributed by atoms with E-state index >= 15 is 0 Å². The van der Waals surface area contributed by atoms with Crippen LogP contribution in [0.15, 0.2) is 24.3 Å². The van der Waals surface area contributed by atoms with Gasteiger partial charge < -0.3 is 9.05 Å². The molecule has 0 atom stereocenters. The van der Waals surface area contributed by atoms with Gasteiger partial charge >= 0.3 is 13.6 Å². The summed E-state index contributed by atoms with van der Waals surface area (Å²) < 4.78 is 22.5. The first-order chi connectivity index (χ1) is 8.50.